The Morgan fingerprint density at radius 1 is 1.17 bits per heavy atom. The summed E-state index contributed by atoms with van der Waals surface area (Å²) in [5.74, 6) is -0.0824. The molecule has 1 aliphatic carbocycles. The van der Waals surface area contributed by atoms with Crippen LogP contribution in [-0.2, 0) is 31.7 Å². The van der Waals surface area contributed by atoms with Crippen molar-refractivity contribution in [2.75, 3.05) is 26.9 Å². The Bertz CT molecular complexity index is 1110. The number of hydrogen-bond acceptors (Lipinski definition) is 6. The molecule has 1 saturated carbocycles. The molecule has 2 heterocycles. The molecule has 0 aromatic heterocycles. The highest BCUT2D eigenvalue weighted by Crippen LogP contribution is 2.47. The van der Waals surface area contributed by atoms with Gasteiger partial charge < -0.3 is 29.7 Å². The summed E-state index contributed by atoms with van der Waals surface area (Å²) in [6.07, 6.45) is -2.36. The van der Waals surface area contributed by atoms with Crippen LogP contribution in [-0.4, -0.2) is 67.6 Å². The van der Waals surface area contributed by atoms with Crippen LogP contribution in [0.25, 0.3) is 0 Å². The molecule has 5 atom stereocenters. The fourth-order valence-electron chi connectivity index (χ4n) is 6.51. The molecule has 0 bridgehead atoms. The van der Waals surface area contributed by atoms with Crippen LogP contribution in [0.15, 0.2) is 18.2 Å². The van der Waals surface area contributed by atoms with Gasteiger partial charge in [-0.3, -0.25) is 4.79 Å². The Morgan fingerprint density at radius 3 is 2.54 bits per heavy atom. The number of rotatable bonds is 6. The van der Waals surface area contributed by atoms with Gasteiger partial charge in [-0.2, -0.15) is 13.2 Å². The number of hydrogen-bond donors (Lipinski definition) is 2. The van der Waals surface area contributed by atoms with Gasteiger partial charge >= 0.3 is 12.3 Å². The smallest absolute Gasteiger partial charge is 0.416 e. The zero-order valence-electron chi connectivity index (χ0n) is 24.9. The lowest BCUT2D eigenvalue weighted by Crippen LogP contribution is -2.53. The first-order valence-electron chi connectivity index (χ1n) is 14.5. The first-order valence-corrected chi connectivity index (χ1v) is 14.5. The van der Waals surface area contributed by atoms with Crippen LogP contribution in [0.4, 0.5) is 18.0 Å². The van der Waals surface area contributed by atoms with Gasteiger partial charge in [0.25, 0.3) is 0 Å². The van der Waals surface area contributed by atoms with Crippen molar-refractivity contribution in [1.29, 1.82) is 0 Å². The fraction of sp³-hybridized carbons (Fsp3) is 0.733. The second kappa shape index (κ2) is 12.1. The van der Waals surface area contributed by atoms with Crippen LogP contribution in [0.3, 0.4) is 0 Å². The molecule has 2 N–H and O–H groups in total. The highest BCUT2D eigenvalue weighted by Gasteiger charge is 2.51. The summed E-state index contributed by atoms with van der Waals surface area (Å²) >= 11 is 0. The van der Waals surface area contributed by atoms with E-state index in [4.69, 9.17) is 14.2 Å². The summed E-state index contributed by atoms with van der Waals surface area (Å²) < 4.78 is 57.4. The molecule has 1 saturated heterocycles. The van der Waals surface area contributed by atoms with Gasteiger partial charge in [-0.15, -0.1) is 0 Å². The lowest BCUT2D eigenvalue weighted by Gasteiger charge is -2.42. The summed E-state index contributed by atoms with van der Waals surface area (Å²) in [5.41, 5.74) is -1.29. The van der Waals surface area contributed by atoms with Crippen molar-refractivity contribution in [1.82, 2.24) is 15.5 Å². The minimum absolute atomic E-state index is 0.00915. The van der Waals surface area contributed by atoms with Gasteiger partial charge in [-0.1, -0.05) is 19.9 Å². The van der Waals surface area contributed by atoms with Crippen LogP contribution in [0.5, 0.6) is 0 Å². The lowest BCUT2D eigenvalue weighted by atomic mass is 9.73. The van der Waals surface area contributed by atoms with Crippen molar-refractivity contribution in [3.63, 3.8) is 0 Å². The molecule has 41 heavy (non-hydrogen) atoms. The van der Waals surface area contributed by atoms with Crippen LogP contribution in [0.1, 0.15) is 83.0 Å². The van der Waals surface area contributed by atoms with Crippen LogP contribution in [0.2, 0.25) is 0 Å². The van der Waals surface area contributed by atoms with Gasteiger partial charge in [-0.25, -0.2) is 4.79 Å². The van der Waals surface area contributed by atoms with E-state index >= 15 is 0 Å². The number of amides is 2. The topological polar surface area (TPSA) is 89.1 Å². The molecule has 1 aromatic carbocycles. The minimum Gasteiger partial charge on any atom is -0.444 e. The number of alkyl carbamates (subject to hydrolysis) is 1. The Balaban J connectivity index is 1.58. The molecule has 3 aliphatic rings. The van der Waals surface area contributed by atoms with Gasteiger partial charge in [-0.05, 0) is 75.6 Å². The van der Waals surface area contributed by atoms with E-state index in [0.29, 0.717) is 37.2 Å². The molecule has 8 nitrogen and oxygen atoms in total. The average molecular weight is 584 g/mol. The van der Waals surface area contributed by atoms with Crippen molar-refractivity contribution in [3.8, 4) is 0 Å². The number of halogens is 3. The van der Waals surface area contributed by atoms with E-state index in [9.17, 15) is 22.8 Å². The molecular weight excluding hydrogens is 539 g/mol. The van der Waals surface area contributed by atoms with E-state index < -0.39 is 34.9 Å². The van der Waals surface area contributed by atoms with Gasteiger partial charge in [0.2, 0.25) is 5.91 Å². The lowest BCUT2D eigenvalue weighted by molar-refractivity contribution is -0.146. The van der Waals surface area contributed by atoms with Gasteiger partial charge in [0.15, 0.2) is 0 Å². The fourth-order valence-corrected chi connectivity index (χ4v) is 6.51. The number of carbonyl (C=O) groups is 2. The molecule has 0 unspecified atom stereocenters. The number of benzene rings is 1. The Hall–Kier alpha value is -2.37. The molecule has 230 valence electrons. The van der Waals surface area contributed by atoms with Crippen molar-refractivity contribution in [2.24, 2.45) is 11.3 Å². The van der Waals surface area contributed by atoms with Crippen LogP contribution < -0.4 is 10.6 Å². The standard InChI is InChI=1S/C30H44F3N3O5/c1-18(2)29(11-9-21(14-29)34-23-10-12-40-17-25(23)39-6)26(37)36-15-19-13-20(30(31,32)33)7-8-22(19)24(16-36)35-27(38)41-28(3,4)5/h7-8,13,18,21,23-25,34H,9-12,14-17H2,1-6H3,(H,35,38)/t21-,23+,24-,25-,29+/m1/s1. The Morgan fingerprint density at radius 2 is 1.90 bits per heavy atom. The highest BCUT2D eigenvalue weighted by molar-refractivity contribution is 5.84. The molecule has 2 aliphatic heterocycles. The molecule has 4 rings (SSSR count). The van der Waals surface area contributed by atoms with Crippen molar-refractivity contribution < 1.29 is 37.0 Å². The van der Waals surface area contributed by atoms with Gasteiger partial charge in [0.05, 0.1) is 29.7 Å². The van der Waals surface area contributed by atoms with Gasteiger partial charge in [0.1, 0.15) is 5.60 Å². The maximum atomic E-state index is 14.4. The molecule has 2 amide bonds. The summed E-state index contributed by atoms with van der Waals surface area (Å²) in [5, 5.41) is 6.52. The van der Waals surface area contributed by atoms with E-state index in [-0.39, 0.29) is 43.1 Å². The van der Waals surface area contributed by atoms with E-state index in [0.717, 1.165) is 25.0 Å². The molecular formula is C30H44F3N3O5. The van der Waals surface area contributed by atoms with E-state index in [2.05, 4.69) is 10.6 Å². The minimum atomic E-state index is -4.52. The third-order valence-corrected chi connectivity index (χ3v) is 8.73. The Labute approximate surface area is 240 Å². The largest absolute Gasteiger partial charge is 0.444 e. The van der Waals surface area contributed by atoms with E-state index in [1.54, 1.807) is 32.8 Å². The molecule has 1 aromatic rings. The molecule has 0 spiro atoms. The Kier molecular flexibility index (Phi) is 9.31. The number of alkyl halides is 3. The second-order valence-electron chi connectivity index (χ2n) is 13.0. The summed E-state index contributed by atoms with van der Waals surface area (Å²) in [4.78, 5) is 28.7. The third kappa shape index (κ3) is 7.17. The van der Waals surface area contributed by atoms with Crippen LogP contribution >= 0.6 is 0 Å². The van der Waals surface area contributed by atoms with Crippen molar-refractivity contribution >= 4 is 12.0 Å². The zero-order chi connectivity index (χ0) is 30.2. The third-order valence-electron chi connectivity index (χ3n) is 8.73. The normalized spacial score (nSPS) is 28.9. The van der Waals surface area contributed by atoms with Crippen molar-refractivity contribution in [3.05, 3.63) is 34.9 Å². The predicted octanol–water partition coefficient (Wildman–Crippen LogP) is 5.20. The quantitative estimate of drug-likeness (QED) is 0.479. The number of nitrogens with one attached hydrogen (secondary N) is 2. The number of ether oxygens (including phenoxy) is 3. The van der Waals surface area contributed by atoms with E-state index in [1.807, 2.05) is 13.8 Å². The average Bonchev–Trinajstić information content (AvgIpc) is 3.31. The number of methoxy groups -OCH3 is 1. The highest BCUT2D eigenvalue weighted by atomic mass is 19.4. The summed E-state index contributed by atoms with van der Waals surface area (Å²) in [7, 11) is 1.67. The predicted molar refractivity (Wildman–Crippen MR) is 147 cm³/mol. The maximum Gasteiger partial charge on any atom is 0.416 e. The SMILES string of the molecule is CO[C@@H]1COCC[C@@H]1N[C@@H]1CC[C@@](C(=O)N2Cc3cc(C(F)(F)F)ccc3[C@H](NC(=O)OC(C)(C)C)C2)(C(C)C)C1. The molecule has 2 fully saturated rings. The summed E-state index contributed by atoms with van der Waals surface area (Å²) in [6, 6.07) is 3.04. The molecule has 0 radical (unpaired) electrons. The van der Waals surface area contributed by atoms with Gasteiger partial charge in [0, 0.05) is 38.9 Å². The monoisotopic (exact) mass is 583 g/mol. The second-order valence-corrected chi connectivity index (χ2v) is 13.0. The molecule has 11 heteroatoms. The zero-order valence-corrected chi connectivity index (χ0v) is 24.9. The number of fused-ring (bicyclic) bond motifs is 1. The van der Waals surface area contributed by atoms with Crippen LogP contribution in [0, 0.1) is 11.3 Å². The first kappa shape index (κ1) is 31.6. The number of nitrogens with zero attached hydrogens (tertiary/aromatic N) is 1. The van der Waals surface area contributed by atoms with Crippen molar-refractivity contribution in [2.45, 2.75) is 103 Å². The van der Waals surface area contributed by atoms with E-state index in [1.165, 1.54) is 6.07 Å². The first-order chi connectivity index (χ1) is 19.1. The summed E-state index contributed by atoms with van der Waals surface area (Å²) in [6.45, 7) is 10.6. The maximum absolute atomic E-state index is 14.4. The number of carbonyl (C=O) groups excluding carboxylic acids is 2.